The lowest BCUT2D eigenvalue weighted by molar-refractivity contribution is 0.0948. The van der Waals surface area contributed by atoms with Gasteiger partial charge in [0.1, 0.15) is 11.5 Å². The number of halogens is 1. The third-order valence-corrected chi connectivity index (χ3v) is 6.30. The highest BCUT2D eigenvalue weighted by atomic mass is 32.2. The zero-order valence-electron chi connectivity index (χ0n) is 15.6. The summed E-state index contributed by atoms with van der Waals surface area (Å²) in [5.41, 5.74) is 2.76. The molecule has 0 saturated carbocycles. The Morgan fingerprint density at radius 1 is 1.13 bits per heavy atom. The number of hydrogen-bond acceptors (Lipinski definition) is 5. The van der Waals surface area contributed by atoms with Gasteiger partial charge in [0.15, 0.2) is 4.96 Å². The molecule has 1 amide bonds. The smallest absolute Gasteiger partial charge is 0.269 e. The van der Waals surface area contributed by atoms with E-state index in [1.807, 2.05) is 0 Å². The number of primary sulfonamides is 1. The van der Waals surface area contributed by atoms with Crippen molar-refractivity contribution in [2.24, 2.45) is 5.14 Å². The second kappa shape index (κ2) is 7.98. The number of thiazole rings is 1. The van der Waals surface area contributed by atoms with Gasteiger partial charge in [0.2, 0.25) is 10.0 Å². The number of imidazole rings is 1. The van der Waals surface area contributed by atoms with Crippen LogP contribution in [0.2, 0.25) is 0 Å². The Balaban J connectivity index is 1.43. The first-order valence-corrected chi connectivity index (χ1v) is 11.4. The number of carbonyl (C=O) groups excluding carboxylic acids is 1. The van der Waals surface area contributed by atoms with Crippen LogP contribution in [0.1, 0.15) is 16.1 Å². The van der Waals surface area contributed by atoms with Crippen LogP contribution in [0.5, 0.6) is 0 Å². The summed E-state index contributed by atoms with van der Waals surface area (Å²) in [7, 11) is -3.72. The Labute approximate surface area is 176 Å². The third-order valence-electron chi connectivity index (χ3n) is 4.53. The highest BCUT2D eigenvalue weighted by molar-refractivity contribution is 7.89. The molecule has 0 atom stereocenters. The van der Waals surface area contributed by atoms with Crippen molar-refractivity contribution in [1.82, 2.24) is 14.7 Å². The molecule has 10 heteroatoms. The standard InChI is InChI=1S/C20H17FN4O3S2/c21-15-5-3-14(4-6-15)17-11-25-18(12-29-20(25)24-17)19(26)23-10-9-13-1-7-16(8-2-13)30(22,27)28/h1-8,11-12H,9-10H2,(H,23,26)(H2,22,27,28). The average molecular weight is 445 g/mol. The SMILES string of the molecule is NS(=O)(=O)c1ccc(CCNC(=O)c2csc3nc(-c4ccc(F)cc4)cn23)cc1. The molecule has 7 nitrogen and oxygen atoms in total. The maximum atomic E-state index is 13.1. The summed E-state index contributed by atoms with van der Waals surface area (Å²) in [4.78, 5) is 17.8. The van der Waals surface area contributed by atoms with Gasteiger partial charge in [0.25, 0.3) is 5.91 Å². The average Bonchev–Trinajstić information content (AvgIpc) is 3.29. The molecule has 30 heavy (non-hydrogen) atoms. The van der Waals surface area contributed by atoms with Crippen molar-refractivity contribution in [3.8, 4) is 11.3 Å². The van der Waals surface area contributed by atoms with Gasteiger partial charge >= 0.3 is 0 Å². The summed E-state index contributed by atoms with van der Waals surface area (Å²) in [6, 6.07) is 12.2. The predicted molar refractivity (Wildman–Crippen MR) is 112 cm³/mol. The summed E-state index contributed by atoms with van der Waals surface area (Å²) in [6.07, 6.45) is 2.29. The second-order valence-electron chi connectivity index (χ2n) is 6.60. The minimum Gasteiger partial charge on any atom is -0.350 e. The van der Waals surface area contributed by atoms with E-state index in [1.54, 1.807) is 40.2 Å². The normalized spacial score (nSPS) is 11.7. The zero-order chi connectivity index (χ0) is 21.3. The van der Waals surface area contributed by atoms with Crippen LogP contribution < -0.4 is 10.5 Å². The Hall–Kier alpha value is -3.08. The molecule has 0 aliphatic rings. The van der Waals surface area contributed by atoms with Gasteiger partial charge in [-0.2, -0.15) is 0 Å². The Morgan fingerprint density at radius 2 is 1.83 bits per heavy atom. The summed E-state index contributed by atoms with van der Waals surface area (Å²) in [6.45, 7) is 0.379. The molecule has 2 heterocycles. The first-order chi connectivity index (χ1) is 14.3. The van der Waals surface area contributed by atoms with E-state index in [0.29, 0.717) is 29.3 Å². The number of aromatic nitrogens is 2. The Morgan fingerprint density at radius 3 is 2.50 bits per heavy atom. The van der Waals surface area contributed by atoms with Crippen LogP contribution in [-0.4, -0.2) is 30.3 Å². The molecule has 0 aliphatic heterocycles. The molecule has 154 valence electrons. The number of hydrogen-bond donors (Lipinski definition) is 2. The lowest BCUT2D eigenvalue weighted by Gasteiger charge is -2.05. The van der Waals surface area contributed by atoms with Gasteiger partial charge in [0.05, 0.1) is 10.6 Å². The zero-order valence-corrected chi connectivity index (χ0v) is 17.2. The van der Waals surface area contributed by atoms with E-state index in [2.05, 4.69) is 10.3 Å². The maximum absolute atomic E-state index is 13.1. The van der Waals surface area contributed by atoms with Crippen molar-refractivity contribution < 1.29 is 17.6 Å². The molecule has 2 aromatic heterocycles. The van der Waals surface area contributed by atoms with E-state index >= 15 is 0 Å². The van der Waals surface area contributed by atoms with Gasteiger partial charge in [-0.05, 0) is 48.4 Å². The van der Waals surface area contributed by atoms with Crippen molar-refractivity contribution in [3.63, 3.8) is 0 Å². The fraction of sp³-hybridized carbons (Fsp3) is 0.100. The maximum Gasteiger partial charge on any atom is 0.269 e. The summed E-state index contributed by atoms with van der Waals surface area (Å²) in [5, 5.41) is 9.67. The summed E-state index contributed by atoms with van der Waals surface area (Å²) in [5.74, 6) is -0.565. The molecule has 3 N–H and O–H groups in total. The number of fused-ring (bicyclic) bond motifs is 1. The lowest BCUT2D eigenvalue weighted by atomic mass is 10.1. The van der Waals surface area contributed by atoms with Gasteiger partial charge in [0, 0.05) is 23.7 Å². The predicted octanol–water partition coefficient (Wildman–Crippen LogP) is 2.82. The second-order valence-corrected chi connectivity index (χ2v) is 9.00. The van der Waals surface area contributed by atoms with Gasteiger partial charge < -0.3 is 5.32 Å². The third kappa shape index (κ3) is 4.25. The molecule has 2 aromatic carbocycles. The number of benzene rings is 2. The number of rotatable bonds is 6. The minimum atomic E-state index is -3.72. The van der Waals surface area contributed by atoms with Crippen molar-refractivity contribution >= 4 is 32.2 Å². The van der Waals surface area contributed by atoms with Crippen LogP contribution in [0.4, 0.5) is 4.39 Å². The van der Waals surface area contributed by atoms with Crippen molar-refractivity contribution in [2.45, 2.75) is 11.3 Å². The molecular weight excluding hydrogens is 427 g/mol. The van der Waals surface area contributed by atoms with Crippen LogP contribution in [0.3, 0.4) is 0 Å². The van der Waals surface area contributed by atoms with E-state index in [9.17, 15) is 17.6 Å². The van der Waals surface area contributed by atoms with Gasteiger partial charge in [-0.3, -0.25) is 9.20 Å². The molecule has 0 saturated heterocycles. The highest BCUT2D eigenvalue weighted by Gasteiger charge is 2.15. The fourth-order valence-electron chi connectivity index (χ4n) is 2.96. The highest BCUT2D eigenvalue weighted by Crippen LogP contribution is 2.24. The quantitative estimate of drug-likeness (QED) is 0.477. The van der Waals surface area contributed by atoms with Crippen molar-refractivity contribution in [1.29, 1.82) is 0 Å². The molecule has 0 aliphatic carbocycles. The van der Waals surface area contributed by atoms with E-state index in [0.717, 1.165) is 11.1 Å². The van der Waals surface area contributed by atoms with Crippen molar-refractivity contribution in [2.75, 3.05) is 6.54 Å². The van der Waals surface area contributed by atoms with E-state index in [-0.39, 0.29) is 16.6 Å². The Kier molecular flexibility index (Phi) is 5.37. The first-order valence-electron chi connectivity index (χ1n) is 8.94. The Bertz CT molecular complexity index is 1310. The van der Waals surface area contributed by atoms with Crippen LogP contribution in [0.15, 0.2) is 65.0 Å². The molecule has 0 radical (unpaired) electrons. The largest absolute Gasteiger partial charge is 0.350 e. The number of nitrogens with two attached hydrogens (primary N) is 1. The van der Waals surface area contributed by atoms with Crippen LogP contribution in [0.25, 0.3) is 16.2 Å². The van der Waals surface area contributed by atoms with Gasteiger partial charge in [-0.25, -0.2) is 22.9 Å². The summed E-state index contributed by atoms with van der Waals surface area (Å²) < 4.78 is 37.4. The molecule has 4 rings (SSSR count). The first kappa shape index (κ1) is 20.2. The molecule has 0 unspecified atom stereocenters. The number of nitrogens with one attached hydrogen (secondary N) is 1. The van der Waals surface area contributed by atoms with Crippen LogP contribution in [-0.2, 0) is 16.4 Å². The number of amides is 1. The molecule has 0 spiro atoms. The fourth-order valence-corrected chi connectivity index (χ4v) is 4.33. The lowest BCUT2D eigenvalue weighted by Crippen LogP contribution is -2.26. The monoisotopic (exact) mass is 444 g/mol. The number of nitrogens with zero attached hydrogens (tertiary/aromatic N) is 2. The molecule has 4 aromatic rings. The molecular formula is C20H17FN4O3S2. The van der Waals surface area contributed by atoms with E-state index in [4.69, 9.17) is 5.14 Å². The van der Waals surface area contributed by atoms with Crippen LogP contribution >= 0.6 is 11.3 Å². The number of sulfonamides is 1. The van der Waals surface area contributed by atoms with Crippen LogP contribution in [0, 0.1) is 5.82 Å². The topological polar surface area (TPSA) is 107 Å². The molecule has 0 bridgehead atoms. The van der Waals surface area contributed by atoms with Gasteiger partial charge in [-0.15, -0.1) is 11.3 Å². The minimum absolute atomic E-state index is 0.0491. The molecule has 0 fully saturated rings. The van der Waals surface area contributed by atoms with E-state index in [1.165, 1.54) is 35.6 Å². The van der Waals surface area contributed by atoms with Crippen molar-refractivity contribution in [3.05, 3.63) is 77.2 Å². The van der Waals surface area contributed by atoms with Gasteiger partial charge in [-0.1, -0.05) is 12.1 Å². The van der Waals surface area contributed by atoms with E-state index < -0.39 is 10.0 Å². The summed E-state index contributed by atoms with van der Waals surface area (Å²) >= 11 is 1.34. The number of carbonyl (C=O) groups is 1.